The van der Waals surface area contributed by atoms with Crippen LogP contribution < -0.4 is 5.32 Å². The summed E-state index contributed by atoms with van der Waals surface area (Å²) in [7, 11) is 0. The van der Waals surface area contributed by atoms with Gasteiger partial charge in [0.05, 0.1) is 17.7 Å². The van der Waals surface area contributed by atoms with Crippen molar-refractivity contribution in [2.75, 3.05) is 18.4 Å². The molecule has 0 saturated carbocycles. The average Bonchev–Trinajstić information content (AvgIpc) is 3.17. The van der Waals surface area contributed by atoms with Gasteiger partial charge in [0.15, 0.2) is 11.6 Å². The van der Waals surface area contributed by atoms with Crippen LogP contribution in [0.2, 0.25) is 0 Å². The number of aromatic nitrogens is 1. The molecule has 0 radical (unpaired) electrons. The van der Waals surface area contributed by atoms with Crippen LogP contribution in [0.5, 0.6) is 0 Å². The minimum Gasteiger partial charge on any atom is -0.481 e. The number of hydrogen-bond acceptors (Lipinski definition) is 5. The van der Waals surface area contributed by atoms with Crippen molar-refractivity contribution >= 4 is 17.8 Å². The van der Waals surface area contributed by atoms with Crippen molar-refractivity contribution in [3.05, 3.63) is 24.2 Å². The number of aliphatic carboxylic acids is 1. The number of urea groups is 1. The molecule has 1 saturated heterocycles. The SMILES string of the molecule is Cc1occc1-c1cc(NC(=O)N2CCC(C(=O)O)C2)no1. The number of likely N-dealkylation sites (tertiary alicyclic amines) is 1. The van der Waals surface area contributed by atoms with Crippen LogP contribution in [0, 0.1) is 12.8 Å². The summed E-state index contributed by atoms with van der Waals surface area (Å²) < 4.78 is 10.4. The molecule has 0 bridgehead atoms. The Morgan fingerprint density at radius 1 is 1.50 bits per heavy atom. The van der Waals surface area contributed by atoms with Crippen LogP contribution in [0.4, 0.5) is 10.6 Å². The predicted octanol–water partition coefficient (Wildman–Crippen LogP) is 2.18. The maximum atomic E-state index is 12.1. The molecule has 2 N–H and O–H groups in total. The van der Waals surface area contributed by atoms with Crippen molar-refractivity contribution in [1.29, 1.82) is 0 Å². The number of aryl methyl sites for hydroxylation is 1. The van der Waals surface area contributed by atoms with E-state index in [4.69, 9.17) is 14.0 Å². The first-order valence-corrected chi connectivity index (χ1v) is 6.84. The Balaban J connectivity index is 1.65. The van der Waals surface area contributed by atoms with E-state index in [2.05, 4.69) is 10.5 Å². The van der Waals surface area contributed by atoms with E-state index in [0.717, 1.165) is 5.56 Å². The monoisotopic (exact) mass is 305 g/mol. The fourth-order valence-corrected chi connectivity index (χ4v) is 2.44. The van der Waals surface area contributed by atoms with Gasteiger partial charge in [0.1, 0.15) is 5.76 Å². The third-order valence-electron chi connectivity index (χ3n) is 3.69. The molecule has 1 unspecified atom stereocenters. The standard InChI is InChI=1S/C14H15N3O5/c1-8-10(3-5-21-8)11-6-12(16-22-11)15-14(20)17-4-2-9(7-17)13(18)19/h3,5-6,9H,2,4,7H2,1H3,(H,18,19)(H,15,16,20). The van der Waals surface area contributed by atoms with Gasteiger partial charge in [0.2, 0.25) is 0 Å². The number of amides is 2. The van der Waals surface area contributed by atoms with Gasteiger partial charge in [0, 0.05) is 19.2 Å². The van der Waals surface area contributed by atoms with E-state index in [-0.39, 0.29) is 18.4 Å². The second kappa shape index (κ2) is 5.55. The molecule has 0 aliphatic carbocycles. The van der Waals surface area contributed by atoms with Crippen molar-refractivity contribution in [3.8, 4) is 11.3 Å². The van der Waals surface area contributed by atoms with Gasteiger partial charge >= 0.3 is 12.0 Å². The molecule has 0 spiro atoms. The van der Waals surface area contributed by atoms with Gasteiger partial charge in [-0.05, 0) is 19.4 Å². The van der Waals surface area contributed by atoms with Crippen LogP contribution in [0.1, 0.15) is 12.2 Å². The van der Waals surface area contributed by atoms with Crippen molar-refractivity contribution in [1.82, 2.24) is 10.1 Å². The normalized spacial score (nSPS) is 17.7. The number of carboxylic acid groups (broad SMARTS) is 1. The van der Waals surface area contributed by atoms with E-state index in [1.807, 2.05) is 0 Å². The van der Waals surface area contributed by atoms with Crippen LogP contribution in [-0.2, 0) is 4.79 Å². The predicted molar refractivity (Wildman–Crippen MR) is 75.3 cm³/mol. The van der Waals surface area contributed by atoms with Gasteiger partial charge < -0.3 is 18.9 Å². The number of hydrogen-bond donors (Lipinski definition) is 2. The number of carboxylic acids is 1. The van der Waals surface area contributed by atoms with Gasteiger partial charge in [-0.15, -0.1) is 0 Å². The molecule has 1 aliphatic rings. The highest BCUT2D eigenvalue weighted by molar-refractivity contribution is 5.89. The smallest absolute Gasteiger partial charge is 0.323 e. The second-order valence-corrected chi connectivity index (χ2v) is 5.17. The molecule has 2 aromatic heterocycles. The lowest BCUT2D eigenvalue weighted by molar-refractivity contribution is -0.141. The highest BCUT2D eigenvalue weighted by Crippen LogP contribution is 2.26. The summed E-state index contributed by atoms with van der Waals surface area (Å²) in [6.45, 7) is 2.41. The Morgan fingerprint density at radius 2 is 2.32 bits per heavy atom. The van der Waals surface area contributed by atoms with Gasteiger partial charge in [-0.2, -0.15) is 0 Å². The van der Waals surface area contributed by atoms with Gasteiger partial charge in [-0.3, -0.25) is 10.1 Å². The van der Waals surface area contributed by atoms with E-state index in [1.165, 1.54) is 4.90 Å². The highest BCUT2D eigenvalue weighted by Gasteiger charge is 2.31. The quantitative estimate of drug-likeness (QED) is 0.899. The molecule has 2 amide bonds. The molecular formula is C14H15N3O5. The summed E-state index contributed by atoms with van der Waals surface area (Å²) in [5.41, 5.74) is 0.764. The molecule has 1 atom stereocenters. The van der Waals surface area contributed by atoms with Crippen molar-refractivity contribution in [2.24, 2.45) is 5.92 Å². The summed E-state index contributed by atoms with van der Waals surface area (Å²) in [6, 6.07) is 2.97. The molecule has 1 fully saturated rings. The first kappa shape index (κ1) is 14.2. The molecular weight excluding hydrogens is 290 g/mol. The number of furan rings is 1. The Kier molecular flexibility index (Phi) is 3.58. The third-order valence-corrected chi connectivity index (χ3v) is 3.69. The number of nitrogens with zero attached hydrogens (tertiary/aromatic N) is 2. The molecule has 22 heavy (non-hydrogen) atoms. The topological polar surface area (TPSA) is 109 Å². The zero-order valence-corrected chi connectivity index (χ0v) is 11.9. The Hall–Kier alpha value is -2.77. The number of nitrogens with one attached hydrogen (secondary N) is 1. The molecule has 8 nitrogen and oxygen atoms in total. The van der Waals surface area contributed by atoms with Gasteiger partial charge in [-0.25, -0.2) is 4.79 Å². The van der Waals surface area contributed by atoms with Crippen LogP contribution in [0.15, 0.2) is 27.3 Å². The van der Waals surface area contributed by atoms with Gasteiger partial charge in [0.25, 0.3) is 0 Å². The van der Waals surface area contributed by atoms with Crippen molar-refractivity contribution < 1.29 is 23.6 Å². The number of rotatable bonds is 3. The van der Waals surface area contributed by atoms with Crippen LogP contribution in [-0.4, -0.2) is 40.3 Å². The average molecular weight is 305 g/mol. The van der Waals surface area contributed by atoms with E-state index < -0.39 is 11.9 Å². The van der Waals surface area contributed by atoms with Crippen molar-refractivity contribution in [2.45, 2.75) is 13.3 Å². The van der Waals surface area contributed by atoms with E-state index in [1.54, 1.807) is 25.3 Å². The minimum absolute atomic E-state index is 0.201. The lowest BCUT2D eigenvalue weighted by Gasteiger charge is -2.15. The van der Waals surface area contributed by atoms with Crippen LogP contribution in [0.25, 0.3) is 11.3 Å². The van der Waals surface area contributed by atoms with Gasteiger partial charge in [-0.1, -0.05) is 5.16 Å². The summed E-state index contributed by atoms with van der Waals surface area (Å²) in [6.07, 6.45) is 2.00. The lowest BCUT2D eigenvalue weighted by Crippen LogP contribution is -2.33. The molecule has 2 aromatic rings. The third kappa shape index (κ3) is 2.67. The summed E-state index contributed by atoms with van der Waals surface area (Å²) >= 11 is 0. The van der Waals surface area contributed by atoms with E-state index in [0.29, 0.717) is 24.5 Å². The zero-order valence-electron chi connectivity index (χ0n) is 11.9. The number of carbonyl (C=O) groups is 2. The first-order valence-electron chi connectivity index (χ1n) is 6.84. The maximum absolute atomic E-state index is 12.1. The number of carbonyl (C=O) groups excluding carboxylic acids is 1. The fourth-order valence-electron chi connectivity index (χ4n) is 2.44. The first-order chi connectivity index (χ1) is 10.5. The van der Waals surface area contributed by atoms with Crippen LogP contribution >= 0.6 is 0 Å². The molecule has 3 rings (SSSR count). The molecule has 1 aliphatic heterocycles. The summed E-state index contributed by atoms with van der Waals surface area (Å²) in [4.78, 5) is 24.4. The zero-order chi connectivity index (χ0) is 15.7. The minimum atomic E-state index is -0.880. The summed E-state index contributed by atoms with van der Waals surface area (Å²) in [5, 5.41) is 15.3. The van der Waals surface area contributed by atoms with Crippen LogP contribution in [0.3, 0.4) is 0 Å². The Morgan fingerprint density at radius 3 is 2.95 bits per heavy atom. The Labute approximate surface area is 125 Å². The number of anilines is 1. The molecule has 3 heterocycles. The second-order valence-electron chi connectivity index (χ2n) is 5.17. The molecule has 8 heteroatoms. The lowest BCUT2D eigenvalue weighted by atomic mass is 10.1. The Bertz CT molecular complexity index is 705. The molecule has 116 valence electrons. The van der Waals surface area contributed by atoms with E-state index >= 15 is 0 Å². The van der Waals surface area contributed by atoms with E-state index in [9.17, 15) is 9.59 Å². The van der Waals surface area contributed by atoms with Crippen molar-refractivity contribution in [3.63, 3.8) is 0 Å². The highest BCUT2D eigenvalue weighted by atomic mass is 16.5. The summed E-state index contributed by atoms with van der Waals surface area (Å²) in [5.74, 6) is 0.0743. The molecule has 0 aromatic carbocycles. The fraction of sp³-hybridized carbons (Fsp3) is 0.357. The maximum Gasteiger partial charge on any atom is 0.323 e. The largest absolute Gasteiger partial charge is 0.481 e.